The van der Waals surface area contributed by atoms with E-state index in [1.54, 1.807) is 23.9 Å². The van der Waals surface area contributed by atoms with E-state index in [-0.39, 0.29) is 28.5 Å². The molecule has 138 valence electrons. The summed E-state index contributed by atoms with van der Waals surface area (Å²) in [6.45, 7) is 0. The number of benzene rings is 2. The molecule has 1 aromatic heterocycles. The van der Waals surface area contributed by atoms with Gasteiger partial charge < -0.3 is 9.73 Å². The van der Waals surface area contributed by atoms with E-state index in [1.807, 2.05) is 30.5 Å². The average molecular weight is 402 g/mol. The molecule has 0 aliphatic heterocycles. The van der Waals surface area contributed by atoms with Crippen LogP contribution in [0.1, 0.15) is 0 Å². The standard InChI is InChI=1S/C17H14N4O4S2/c1-26-14-8-3-2-7-13(14)18-15(22)10-27-17-20-19-16(25-17)11-5-4-6-12(9-11)21(23)24/h2-9H,10H2,1H3,(H,18,22). The Bertz CT molecular complexity index is 977. The van der Waals surface area contributed by atoms with E-state index >= 15 is 0 Å². The minimum absolute atomic E-state index is 0.0632. The Hall–Kier alpha value is -2.85. The van der Waals surface area contributed by atoms with E-state index in [2.05, 4.69) is 15.5 Å². The number of rotatable bonds is 7. The Morgan fingerprint density at radius 3 is 2.81 bits per heavy atom. The Labute approximate surface area is 162 Å². The number of non-ortho nitro benzene ring substituents is 1. The number of hydrogen-bond donors (Lipinski definition) is 1. The average Bonchev–Trinajstić information content (AvgIpc) is 3.16. The normalized spacial score (nSPS) is 10.6. The molecule has 0 spiro atoms. The van der Waals surface area contributed by atoms with Gasteiger partial charge in [0.2, 0.25) is 11.8 Å². The fraction of sp³-hybridized carbons (Fsp3) is 0.118. The van der Waals surface area contributed by atoms with Gasteiger partial charge in [-0.05, 0) is 24.5 Å². The van der Waals surface area contributed by atoms with Gasteiger partial charge in [-0.3, -0.25) is 14.9 Å². The van der Waals surface area contributed by atoms with Crippen molar-refractivity contribution in [3.8, 4) is 11.5 Å². The fourth-order valence-electron chi connectivity index (χ4n) is 2.20. The van der Waals surface area contributed by atoms with E-state index in [0.29, 0.717) is 5.56 Å². The topological polar surface area (TPSA) is 111 Å². The van der Waals surface area contributed by atoms with Crippen molar-refractivity contribution in [1.82, 2.24) is 10.2 Å². The molecule has 0 radical (unpaired) electrons. The molecule has 1 heterocycles. The first-order valence-electron chi connectivity index (χ1n) is 7.71. The minimum Gasteiger partial charge on any atom is -0.411 e. The van der Waals surface area contributed by atoms with Gasteiger partial charge in [0.05, 0.1) is 16.4 Å². The van der Waals surface area contributed by atoms with Gasteiger partial charge in [-0.2, -0.15) is 0 Å². The van der Waals surface area contributed by atoms with Gasteiger partial charge >= 0.3 is 0 Å². The summed E-state index contributed by atoms with van der Waals surface area (Å²) in [7, 11) is 0. The van der Waals surface area contributed by atoms with Crippen LogP contribution in [0.15, 0.2) is 63.1 Å². The monoisotopic (exact) mass is 402 g/mol. The maximum atomic E-state index is 12.1. The molecule has 3 aromatic rings. The molecule has 3 rings (SSSR count). The van der Waals surface area contributed by atoms with Crippen molar-refractivity contribution in [3.05, 3.63) is 58.6 Å². The van der Waals surface area contributed by atoms with Crippen LogP contribution in [0.4, 0.5) is 11.4 Å². The second-order valence-electron chi connectivity index (χ2n) is 5.22. The van der Waals surface area contributed by atoms with Crippen molar-refractivity contribution in [2.45, 2.75) is 10.1 Å². The van der Waals surface area contributed by atoms with E-state index in [9.17, 15) is 14.9 Å². The Balaban J connectivity index is 1.62. The number of nitrogens with one attached hydrogen (secondary N) is 1. The molecule has 0 unspecified atom stereocenters. The third-order valence-corrected chi connectivity index (χ3v) is 5.03. The maximum Gasteiger partial charge on any atom is 0.277 e. The largest absolute Gasteiger partial charge is 0.411 e. The first-order valence-corrected chi connectivity index (χ1v) is 9.92. The van der Waals surface area contributed by atoms with Gasteiger partial charge in [-0.15, -0.1) is 22.0 Å². The molecule has 10 heteroatoms. The summed E-state index contributed by atoms with van der Waals surface area (Å²) in [6, 6.07) is 13.4. The summed E-state index contributed by atoms with van der Waals surface area (Å²) in [4.78, 5) is 23.5. The molecular weight excluding hydrogens is 388 g/mol. The lowest BCUT2D eigenvalue weighted by Crippen LogP contribution is -2.14. The van der Waals surface area contributed by atoms with Crippen LogP contribution < -0.4 is 5.32 Å². The molecule has 8 nitrogen and oxygen atoms in total. The van der Waals surface area contributed by atoms with E-state index in [1.165, 1.54) is 12.1 Å². The highest BCUT2D eigenvalue weighted by Crippen LogP contribution is 2.27. The highest BCUT2D eigenvalue weighted by Gasteiger charge is 2.14. The van der Waals surface area contributed by atoms with Gasteiger partial charge in [0, 0.05) is 22.6 Å². The minimum atomic E-state index is -0.494. The van der Waals surface area contributed by atoms with Crippen LogP contribution in [0.5, 0.6) is 0 Å². The predicted octanol–water partition coefficient (Wildman–Crippen LogP) is 4.10. The molecular formula is C17H14N4O4S2. The molecule has 1 N–H and O–H groups in total. The molecule has 0 aliphatic rings. The van der Waals surface area contributed by atoms with Crippen LogP contribution in [-0.4, -0.2) is 33.0 Å². The van der Waals surface area contributed by atoms with Crippen LogP contribution in [-0.2, 0) is 4.79 Å². The van der Waals surface area contributed by atoms with Gasteiger partial charge in [-0.25, -0.2) is 0 Å². The number of nitro groups is 1. The predicted molar refractivity (Wildman–Crippen MR) is 104 cm³/mol. The third-order valence-electron chi connectivity index (χ3n) is 3.42. The summed E-state index contributed by atoms with van der Waals surface area (Å²) in [5.74, 6) is 0.0603. The number of nitro benzene ring substituents is 1. The van der Waals surface area contributed by atoms with E-state index in [0.717, 1.165) is 22.3 Å². The molecule has 0 bridgehead atoms. The van der Waals surface area contributed by atoms with Crippen molar-refractivity contribution in [2.75, 3.05) is 17.3 Å². The zero-order valence-electron chi connectivity index (χ0n) is 14.1. The summed E-state index contributed by atoms with van der Waals surface area (Å²) in [5.41, 5.74) is 1.13. The molecule has 0 aliphatic carbocycles. The number of carbonyl (C=O) groups is 1. The van der Waals surface area contributed by atoms with Gasteiger partial charge in [0.15, 0.2) is 0 Å². The molecule has 27 heavy (non-hydrogen) atoms. The SMILES string of the molecule is CSc1ccccc1NC(=O)CSc1nnc(-c2cccc([N+](=O)[O-])c2)o1. The Kier molecular flexibility index (Phi) is 6.09. The lowest BCUT2D eigenvalue weighted by Gasteiger charge is -2.08. The molecule has 2 aromatic carbocycles. The first kappa shape index (κ1) is 18.9. The van der Waals surface area contributed by atoms with Crippen molar-refractivity contribution in [1.29, 1.82) is 0 Å². The van der Waals surface area contributed by atoms with Crippen LogP contribution in [0.25, 0.3) is 11.5 Å². The van der Waals surface area contributed by atoms with Gasteiger partial charge in [-0.1, -0.05) is 30.0 Å². The summed E-state index contributed by atoms with van der Waals surface area (Å²) >= 11 is 2.64. The molecule has 1 amide bonds. The van der Waals surface area contributed by atoms with Crippen molar-refractivity contribution >= 4 is 40.8 Å². The Morgan fingerprint density at radius 2 is 2.04 bits per heavy atom. The maximum absolute atomic E-state index is 12.1. The number of para-hydroxylation sites is 1. The van der Waals surface area contributed by atoms with Crippen LogP contribution >= 0.6 is 23.5 Å². The molecule has 0 saturated carbocycles. The van der Waals surface area contributed by atoms with Crippen LogP contribution in [0, 0.1) is 10.1 Å². The second kappa shape index (κ2) is 8.69. The molecule has 0 saturated heterocycles. The number of nitrogens with zero attached hydrogens (tertiary/aromatic N) is 3. The number of anilines is 1. The van der Waals surface area contributed by atoms with Gasteiger partial charge in [0.25, 0.3) is 10.9 Å². The van der Waals surface area contributed by atoms with Gasteiger partial charge in [0.1, 0.15) is 0 Å². The molecule has 0 fully saturated rings. The summed E-state index contributed by atoms with van der Waals surface area (Å²) in [6.07, 6.45) is 1.94. The lowest BCUT2D eigenvalue weighted by molar-refractivity contribution is -0.384. The first-order chi connectivity index (χ1) is 13.1. The van der Waals surface area contributed by atoms with Crippen molar-refractivity contribution in [3.63, 3.8) is 0 Å². The lowest BCUT2D eigenvalue weighted by atomic mass is 10.2. The van der Waals surface area contributed by atoms with Crippen LogP contribution in [0.3, 0.4) is 0 Å². The number of hydrogen-bond acceptors (Lipinski definition) is 8. The highest BCUT2D eigenvalue weighted by molar-refractivity contribution is 7.99. The summed E-state index contributed by atoms with van der Waals surface area (Å²) in [5, 5.41) is 21.7. The zero-order chi connectivity index (χ0) is 19.2. The quantitative estimate of drug-likeness (QED) is 0.357. The fourth-order valence-corrected chi connectivity index (χ4v) is 3.32. The highest BCUT2D eigenvalue weighted by atomic mass is 32.2. The third kappa shape index (κ3) is 4.86. The second-order valence-corrected chi connectivity index (χ2v) is 6.99. The van der Waals surface area contributed by atoms with Crippen molar-refractivity contribution < 1.29 is 14.1 Å². The number of carbonyl (C=O) groups excluding carboxylic acids is 1. The zero-order valence-corrected chi connectivity index (χ0v) is 15.8. The van der Waals surface area contributed by atoms with E-state index < -0.39 is 4.92 Å². The van der Waals surface area contributed by atoms with Crippen molar-refractivity contribution in [2.24, 2.45) is 0 Å². The number of amides is 1. The molecule has 0 atom stereocenters. The summed E-state index contributed by atoms with van der Waals surface area (Å²) < 4.78 is 5.48. The number of thioether (sulfide) groups is 2. The Morgan fingerprint density at radius 1 is 1.22 bits per heavy atom. The number of aromatic nitrogens is 2. The smallest absolute Gasteiger partial charge is 0.277 e. The van der Waals surface area contributed by atoms with Crippen LogP contribution in [0.2, 0.25) is 0 Å². The van der Waals surface area contributed by atoms with E-state index in [4.69, 9.17) is 4.42 Å².